The maximum atomic E-state index is 11.6. The monoisotopic (exact) mass is 209 g/mol. The summed E-state index contributed by atoms with van der Waals surface area (Å²) in [5.74, 6) is -0.0262. The number of carbonyl (C=O) groups excluding carboxylic acids is 1. The average Bonchev–Trinajstić information content (AvgIpc) is 2.56. The first kappa shape index (κ1) is 10.2. The SMILES string of the molecule is Cc1nn(C)c(C)c1N1CC(O)CC1=O. The van der Waals surface area contributed by atoms with E-state index in [-0.39, 0.29) is 12.3 Å². The molecule has 0 saturated carbocycles. The van der Waals surface area contributed by atoms with Crippen LogP contribution < -0.4 is 4.90 Å². The van der Waals surface area contributed by atoms with Gasteiger partial charge in [0.2, 0.25) is 5.91 Å². The first-order chi connectivity index (χ1) is 7.00. The van der Waals surface area contributed by atoms with Gasteiger partial charge in [0, 0.05) is 7.05 Å². The average molecular weight is 209 g/mol. The number of anilines is 1. The van der Waals surface area contributed by atoms with Crippen molar-refractivity contribution in [2.75, 3.05) is 11.4 Å². The normalized spacial score (nSPS) is 21.5. The second-order valence-electron chi connectivity index (χ2n) is 4.01. The van der Waals surface area contributed by atoms with Gasteiger partial charge in [-0.05, 0) is 13.8 Å². The summed E-state index contributed by atoms with van der Waals surface area (Å²) in [6.45, 7) is 4.18. The lowest BCUT2D eigenvalue weighted by Gasteiger charge is -2.15. The van der Waals surface area contributed by atoms with Crippen molar-refractivity contribution in [1.29, 1.82) is 0 Å². The third kappa shape index (κ3) is 1.52. The Morgan fingerprint density at radius 2 is 2.13 bits per heavy atom. The molecule has 1 saturated heterocycles. The molecule has 0 spiro atoms. The van der Waals surface area contributed by atoms with E-state index in [1.807, 2.05) is 20.9 Å². The fourth-order valence-corrected chi connectivity index (χ4v) is 2.06. The Bertz CT molecular complexity index is 411. The summed E-state index contributed by atoms with van der Waals surface area (Å²) in [6.07, 6.45) is -0.329. The van der Waals surface area contributed by atoms with E-state index >= 15 is 0 Å². The first-order valence-corrected chi connectivity index (χ1v) is 4.99. The molecule has 0 aliphatic carbocycles. The van der Waals surface area contributed by atoms with Gasteiger partial charge in [0.15, 0.2) is 0 Å². The Balaban J connectivity index is 2.41. The highest BCUT2D eigenvalue weighted by Crippen LogP contribution is 2.27. The van der Waals surface area contributed by atoms with Crippen LogP contribution in [0.4, 0.5) is 5.69 Å². The van der Waals surface area contributed by atoms with Crippen molar-refractivity contribution in [2.45, 2.75) is 26.4 Å². The van der Waals surface area contributed by atoms with Gasteiger partial charge in [-0.2, -0.15) is 5.10 Å². The molecule has 5 heteroatoms. The van der Waals surface area contributed by atoms with Crippen LogP contribution >= 0.6 is 0 Å². The van der Waals surface area contributed by atoms with Crippen LogP contribution in [0.15, 0.2) is 0 Å². The van der Waals surface area contributed by atoms with E-state index in [0.29, 0.717) is 6.54 Å². The molecule has 1 aromatic heterocycles. The maximum Gasteiger partial charge on any atom is 0.229 e. The summed E-state index contributed by atoms with van der Waals surface area (Å²) < 4.78 is 1.75. The van der Waals surface area contributed by atoms with Crippen molar-refractivity contribution in [3.05, 3.63) is 11.4 Å². The predicted octanol–water partition coefficient (Wildman–Crippen LogP) is 0.135. The number of carbonyl (C=O) groups is 1. The molecule has 0 bridgehead atoms. The maximum absolute atomic E-state index is 11.6. The molecule has 0 aromatic carbocycles. The van der Waals surface area contributed by atoms with Crippen LogP contribution in [0, 0.1) is 13.8 Å². The second kappa shape index (κ2) is 3.34. The van der Waals surface area contributed by atoms with Gasteiger partial charge in [-0.25, -0.2) is 0 Å². The van der Waals surface area contributed by atoms with Crippen LogP contribution in [0.1, 0.15) is 17.8 Å². The highest BCUT2D eigenvalue weighted by Gasteiger charge is 2.32. The fourth-order valence-electron chi connectivity index (χ4n) is 2.06. The highest BCUT2D eigenvalue weighted by molar-refractivity contribution is 5.97. The van der Waals surface area contributed by atoms with E-state index in [2.05, 4.69) is 5.10 Å². The number of β-amino-alcohol motifs (C(OH)–C–C–N with tert-alkyl or cyclic N) is 1. The van der Waals surface area contributed by atoms with E-state index in [4.69, 9.17) is 0 Å². The number of hydrogen-bond acceptors (Lipinski definition) is 3. The largest absolute Gasteiger partial charge is 0.391 e. The van der Waals surface area contributed by atoms with E-state index in [9.17, 15) is 9.90 Å². The molecule has 82 valence electrons. The Morgan fingerprint density at radius 1 is 1.47 bits per heavy atom. The van der Waals surface area contributed by atoms with Crippen molar-refractivity contribution in [3.63, 3.8) is 0 Å². The van der Waals surface area contributed by atoms with Gasteiger partial charge in [-0.15, -0.1) is 0 Å². The molecular formula is C10H15N3O2. The third-order valence-electron chi connectivity index (χ3n) is 2.85. The van der Waals surface area contributed by atoms with Crippen LogP contribution in [-0.4, -0.2) is 33.4 Å². The summed E-state index contributed by atoms with van der Waals surface area (Å²) in [5.41, 5.74) is 2.63. The Labute approximate surface area is 88.3 Å². The molecule has 2 rings (SSSR count). The van der Waals surface area contributed by atoms with E-state index in [0.717, 1.165) is 17.1 Å². The molecule has 1 aliphatic rings. The van der Waals surface area contributed by atoms with Gasteiger partial charge in [-0.3, -0.25) is 9.48 Å². The van der Waals surface area contributed by atoms with Gasteiger partial charge < -0.3 is 10.0 Å². The first-order valence-electron chi connectivity index (χ1n) is 4.99. The lowest BCUT2D eigenvalue weighted by molar-refractivity contribution is -0.117. The van der Waals surface area contributed by atoms with Crippen LogP contribution in [0.5, 0.6) is 0 Å². The summed E-state index contributed by atoms with van der Waals surface area (Å²) in [6, 6.07) is 0. The number of hydrogen-bond donors (Lipinski definition) is 1. The number of rotatable bonds is 1. The number of aryl methyl sites for hydroxylation is 2. The van der Waals surface area contributed by atoms with Gasteiger partial charge in [-0.1, -0.05) is 0 Å². The van der Waals surface area contributed by atoms with Crippen molar-refractivity contribution in [3.8, 4) is 0 Å². The van der Waals surface area contributed by atoms with Gasteiger partial charge in [0.05, 0.1) is 36.1 Å². The van der Waals surface area contributed by atoms with Crippen LogP contribution in [0.25, 0.3) is 0 Å². The highest BCUT2D eigenvalue weighted by atomic mass is 16.3. The fraction of sp³-hybridized carbons (Fsp3) is 0.600. The zero-order valence-electron chi connectivity index (χ0n) is 9.19. The quantitative estimate of drug-likeness (QED) is 0.715. The number of aliphatic hydroxyl groups is 1. The van der Waals surface area contributed by atoms with Crippen molar-refractivity contribution in [2.24, 2.45) is 7.05 Å². The van der Waals surface area contributed by atoms with Gasteiger partial charge >= 0.3 is 0 Å². The number of aliphatic hydroxyl groups excluding tert-OH is 1. The molecule has 1 amide bonds. The molecule has 1 atom stereocenters. The molecule has 1 fully saturated rings. The third-order valence-corrected chi connectivity index (χ3v) is 2.85. The molecule has 2 heterocycles. The Morgan fingerprint density at radius 3 is 2.53 bits per heavy atom. The zero-order valence-corrected chi connectivity index (χ0v) is 9.19. The van der Waals surface area contributed by atoms with E-state index < -0.39 is 6.10 Å². The second-order valence-corrected chi connectivity index (χ2v) is 4.01. The van der Waals surface area contributed by atoms with Crippen molar-refractivity contribution in [1.82, 2.24) is 9.78 Å². The smallest absolute Gasteiger partial charge is 0.229 e. The Hall–Kier alpha value is -1.36. The molecule has 5 nitrogen and oxygen atoms in total. The summed E-state index contributed by atoms with van der Waals surface area (Å²) in [4.78, 5) is 13.3. The standard InChI is InChI=1S/C10H15N3O2/c1-6-10(7(2)12(3)11-6)13-5-8(14)4-9(13)15/h8,14H,4-5H2,1-3H3. The van der Waals surface area contributed by atoms with E-state index in [1.165, 1.54) is 0 Å². The van der Waals surface area contributed by atoms with Crippen LogP contribution in [0.2, 0.25) is 0 Å². The minimum atomic E-state index is -0.545. The van der Waals surface area contributed by atoms with Crippen LogP contribution in [-0.2, 0) is 11.8 Å². The summed E-state index contributed by atoms with van der Waals surface area (Å²) in [5, 5.41) is 13.7. The minimum absolute atomic E-state index is 0.0262. The molecule has 1 N–H and O–H groups in total. The molecule has 15 heavy (non-hydrogen) atoms. The molecule has 1 aromatic rings. The molecular weight excluding hydrogens is 194 g/mol. The number of aromatic nitrogens is 2. The number of nitrogens with zero attached hydrogens (tertiary/aromatic N) is 3. The predicted molar refractivity (Wildman–Crippen MR) is 55.7 cm³/mol. The zero-order chi connectivity index (χ0) is 11.2. The molecule has 1 unspecified atom stereocenters. The minimum Gasteiger partial charge on any atom is -0.391 e. The summed E-state index contributed by atoms with van der Waals surface area (Å²) >= 11 is 0. The Kier molecular flexibility index (Phi) is 2.26. The molecule has 1 aliphatic heterocycles. The lowest BCUT2D eigenvalue weighted by atomic mass is 10.3. The summed E-state index contributed by atoms with van der Waals surface area (Å²) in [7, 11) is 1.85. The van der Waals surface area contributed by atoms with Gasteiger partial charge in [0.25, 0.3) is 0 Å². The number of amides is 1. The van der Waals surface area contributed by atoms with Crippen LogP contribution in [0.3, 0.4) is 0 Å². The van der Waals surface area contributed by atoms with Gasteiger partial charge in [0.1, 0.15) is 0 Å². The van der Waals surface area contributed by atoms with Crippen molar-refractivity contribution >= 4 is 11.6 Å². The van der Waals surface area contributed by atoms with E-state index in [1.54, 1.807) is 9.58 Å². The molecule has 0 radical (unpaired) electrons. The van der Waals surface area contributed by atoms with Crippen molar-refractivity contribution < 1.29 is 9.90 Å². The topological polar surface area (TPSA) is 58.4 Å². The lowest BCUT2D eigenvalue weighted by Crippen LogP contribution is -2.26.